The summed E-state index contributed by atoms with van der Waals surface area (Å²) in [7, 11) is 1.56. The van der Waals surface area contributed by atoms with Crippen molar-refractivity contribution in [2.45, 2.75) is 32.1 Å². The Labute approximate surface area is 142 Å². The second-order valence-electron chi connectivity index (χ2n) is 6.08. The van der Waals surface area contributed by atoms with Crippen LogP contribution in [0.1, 0.15) is 37.2 Å². The topological polar surface area (TPSA) is 60.2 Å². The molecule has 1 fully saturated rings. The van der Waals surface area contributed by atoms with E-state index < -0.39 is 0 Å². The highest BCUT2D eigenvalue weighted by Gasteiger charge is 2.24. The fraction of sp³-hybridized carbons (Fsp3) is 0.500. The first-order chi connectivity index (χ1) is 11.7. The molecule has 2 aromatic heterocycles. The summed E-state index contributed by atoms with van der Waals surface area (Å²) in [5.41, 5.74) is 1.10. The number of carbonyl (C=O) groups excluding carboxylic acids is 1. The predicted molar refractivity (Wildman–Crippen MR) is 91.2 cm³/mol. The zero-order valence-electron chi connectivity index (χ0n) is 14.3. The highest BCUT2D eigenvalue weighted by molar-refractivity contribution is 5.77. The van der Waals surface area contributed by atoms with Crippen LogP contribution < -0.4 is 0 Å². The molecule has 2 aromatic rings. The Balaban J connectivity index is 1.71. The summed E-state index contributed by atoms with van der Waals surface area (Å²) in [4.78, 5) is 23.0. The maximum absolute atomic E-state index is 11.9. The number of hydrogen-bond donors (Lipinski definition) is 0. The third-order valence-corrected chi connectivity index (χ3v) is 4.57. The highest BCUT2D eigenvalue weighted by atomic mass is 16.5. The van der Waals surface area contributed by atoms with Gasteiger partial charge >= 0.3 is 0 Å². The van der Waals surface area contributed by atoms with Gasteiger partial charge in [0.05, 0.1) is 0 Å². The molecule has 0 atom stereocenters. The van der Waals surface area contributed by atoms with Gasteiger partial charge in [-0.3, -0.25) is 9.36 Å². The molecular formula is C18H24N4O2. The number of imidazole rings is 1. The van der Waals surface area contributed by atoms with Crippen molar-refractivity contribution in [3.8, 4) is 5.82 Å². The predicted octanol–water partition coefficient (Wildman–Crippen LogP) is 2.18. The van der Waals surface area contributed by atoms with Crippen molar-refractivity contribution >= 4 is 5.91 Å². The third kappa shape index (κ3) is 3.48. The molecule has 0 unspecified atom stereocenters. The van der Waals surface area contributed by atoms with Crippen LogP contribution in [0.25, 0.3) is 5.82 Å². The number of aromatic nitrogens is 3. The fourth-order valence-corrected chi connectivity index (χ4v) is 3.25. The molecule has 0 N–H and O–H groups in total. The van der Waals surface area contributed by atoms with Gasteiger partial charge in [-0.1, -0.05) is 13.0 Å². The molecule has 0 saturated carbocycles. The van der Waals surface area contributed by atoms with Gasteiger partial charge in [-0.2, -0.15) is 0 Å². The van der Waals surface area contributed by atoms with Gasteiger partial charge in [0, 0.05) is 50.6 Å². The number of aryl methyl sites for hydroxylation is 1. The number of carbonyl (C=O) groups is 1. The van der Waals surface area contributed by atoms with Gasteiger partial charge < -0.3 is 9.64 Å². The number of amides is 1. The van der Waals surface area contributed by atoms with E-state index in [2.05, 4.69) is 24.0 Å². The van der Waals surface area contributed by atoms with Crippen LogP contribution in [-0.2, 0) is 16.0 Å². The second kappa shape index (κ2) is 7.57. The average molecular weight is 328 g/mol. The minimum atomic E-state index is 0.0728. The molecule has 0 bridgehead atoms. The van der Waals surface area contributed by atoms with Crippen LogP contribution in [0.2, 0.25) is 0 Å². The lowest BCUT2D eigenvalue weighted by Gasteiger charge is -2.31. The molecular weight excluding hydrogens is 304 g/mol. The minimum absolute atomic E-state index is 0.0728. The van der Waals surface area contributed by atoms with Gasteiger partial charge in [0.25, 0.3) is 0 Å². The van der Waals surface area contributed by atoms with Gasteiger partial charge in [-0.15, -0.1) is 0 Å². The van der Waals surface area contributed by atoms with Crippen molar-refractivity contribution in [2.75, 3.05) is 26.8 Å². The molecule has 0 aromatic carbocycles. The number of ether oxygens (including phenoxy) is 1. The number of pyridine rings is 1. The molecule has 3 rings (SSSR count). The van der Waals surface area contributed by atoms with Gasteiger partial charge in [-0.25, -0.2) is 9.97 Å². The van der Waals surface area contributed by atoms with Gasteiger partial charge in [-0.05, 0) is 25.0 Å². The largest absolute Gasteiger partial charge is 0.375 e. The van der Waals surface area contributed by atoms with Gasteiger partial charge in [0.1, 0.15) is 18.2 Å². The van der Waals surface area contributed by atoms with E-state index in [1.165, 1.54) is 0 Å². The second-order valence-corrected chi connectivity index (χ2v) is 6.08. The van der Waals surface area contributed by atoms with E-state index >= 15 is 0 Å². The Morgan fingerprint density at radius 3 is 2.83 bits per heavy atom. The molecule has 6 nitrogen and oxygen atoms in total. The van der Waals surface area contributed by atoms with E-state index in [-0.39, 0.29) is 12.5 Å². The molecule has 128 valence electrons. The van der Waals surface area contributed by atoms with Crippen LogP contribution >= 0.6 is 0 Å². The molecule has 1 amide bonds. The fourth-order valence-electron chi connectivity index (χ4n) is 3.25. The van der Waals surface area contributed by atoms with Crippen molar-refractivity contribution in [3.05, 3.63) is 42.1 Å². The number of methoxy groups -OCH3 is 1. The lowest BCUT2D eigenvalue weighted by molar-refractivity contribution is -0.136. The first-order valence-corrected chi connectivity index (χ1v) is 8.49. The number of hydrogen-bond acceptors (Lipinski definition) is 4. The zero-order valence-corrected chi connectivity index (χ0v) is 14.3. The highest BCUT2D eigenvalue weighted by Crippen LogP contribution is 2.27. The van der Waals surface area contributed by atoms with Gasteiger partial charge in [0.2, 0.25) is 5.91 Å². The summed E-state index contributed by atoms with van der Waals surface area (Å²) < 4.78 is 6.98. The first kappa shape index (κ1) is 16.6. The van der Waals surface area contributed by atoms with Crippen molar-refractivity contribution in [1.29, 1.82) is 0 Å². The minimum Gasteiger partial charge on any atom is -0.375 e. The van der Waals surface area contributed by atoms with Crippen LogP contribution in [0.5, 0.6) is 0 Å². The monoisotopic (exact) mass is 328 g/mol. The lowest BCUT2D eigenvalue weighted by Crippen LogP contribution is -2.39. The average Bonchev–Trinajstić information content (AvgIpc) is 3.11. The Morgan fingerprint density at radius 2 is 2.12 bits per heavy atom. The van der Waals surface area contributed by atoms with E-state index in [1.807, 2.05) is 27.9 Å². The summed E-state index contributed by atoms with van der Waals surface area (Å²) in [5, 5.41) is 0. The summed E-state index contributed by atoms with van der Waals surface area (Å²) in [6, 6.07) is 6.16. The number of piperidine rings is 1. The standard InChI is InChI=1S/C18H24N4O2/c1-3-16-19-9-12-22(16)17-6-4-5-15(20-17)14-7-10-21(11-8-14)18(23)13-24-2/h4-6,9,12,14H,3,7-8,10-11,13H2,1-2H3. The Morgan fingerprint density at radius 1 is 1.33 bits per heavy atom. The summed E-state index contributed by atoms with van der Waals surface area (Å²) in [6.07, 6.45) is 6.52. The smallest absolute Gasteiger partial charge is 0.248 e. The van der Waals surface area contributed by atoms with Crippen molar-refractivity contribution in [3.63, 3.8) is 0 Å². The molecule has 6 heteroatoms. The maximum Gasteiger partial charge on any atom is 0.248 e. The number of likely N-dealkylation sites (tertiary alicyclic amines) is 1. The summed E-state index contributed by atoms with van der Waals surface area (Å²) in [6.45, 7) is 3.79. The summed E-state index contributed by atoms with van der Waals surface area (Å²) in [5.74, 6) is 2.40. The molecule has 24 heavy (non-hydrogen) atoms. The number of rotatable bonds is 5. The van der Waals surface area contributed by atoms with Crippen LogP contribution in [0.15, 0.2) is 30.6 Å². The summed E-state index contributed by atoms with van der Waals surface area (Å²) >= 11 is 0. The van der Waals surface area contributed by atoms with Gasteiger partial charge in [0.15, 0.2) is 0 Å². The zero-order chi connectivity index (χ0) is 16.9. The molecule has 0 aliphatic carbocycles. The quantitative estimate of drug-likeness (QED) is 0.844. The van der Waals surface area contributed by atoms with Crippen LogP contribution in [-0.4, -0.2) is 52.1 Å². The van der Waals surface area contributed by atoms with E-state index in [0.29, 0.717) is 5.92 Å². The third-order valence-electron chi connectivity index (χ3n) is 4.57. The lowest BCUT2D eigenvalue weighted by atomic mass is 9.93. The normalized spacial score (nSPS) is 15.7. The molecule has 0 spiro atoms. The molecule has 3 heterocycles. The molecule has 1 saturated heterocycles. The van der Waals surface area contributed by atoms with Crippen molar-refractivity contribution in [1.82, 2.24) is 19.4 Å². The van der Waals surface area contributed by atoms with Crippen LogP contribution in [0.4, 0.5) is 0 Å². The van der Waals surface area contributed by atoms with Crippen LogP contribution in [0.3, 0.4) is 0 Å². The molecule has 1 aliphatic rings. The molecule has 1 aliphatic heterocycles. The number of nitrogens with zero attached hydrogens (tertiary/aromatic N) is 4. The Hall–Kier alpha value is -2.21. The van der Waals surface area contributed by atoms with E-state index in [4.69, 9.17) is 9.72 Å². The van der Waals surface area contributed by atoms with Crippen LogP contribution in [0, 0.1) is 0 Å². The SMILES string of the molecule is CCc1nccn1-c1cccc(C2CCN(C(=O)COC)CC2)n1. The molecule has 0 radical (unpaired) electrons. The van der Waals surface area contributed by atoms with Crippen molar-refractivity contribution < 1.29 is 9.53 Å². The Bertz CT molecular complexity index is 690. The maximum atomic E-state index is 11.9. The first-order valence-electron chi connectivity index (χ1n) is 8.49. The van der Waals surface area contributed by atoms with E-state index in [9.17, 15) is 4.79 Å². The van der Waals surface area contributed by atoms with Crippen molar-refractivity contribution in [2.24, 2.45) is 0 Å². The Kier molecular flexibility index (Phi) is 5.25. The van der Waals surface area contributed by atoms with E-state index in [1.54, 1.807) is 7.11 Å². The van der Waals surface area contributed by atoms with E-state index in [0.717, 1.165) is 49.7 Å².